The van der Waals surface area contributed by atoms with Crippen LogP contribution in [0.25, 0.3) is 0 Å². The van der Waals surface area contributed by atoms with Crippen LogP contribution in [0.15, 0.2) is 12.2 Å². The average Bonchev–Trinajstić information content (AvgIpc) is 2.10. The fourth-order valence-corrected chi connectivity index (χ4v) is 0.990. The summed E-state index contributed by atoms with van der Waals surface area (Å²) in [5, 5.41) is 0.882. The maximum absolute atomic E-state index is 5.45. The number of ether oxygens (including phenoxy) is 1. The van der Waals surface area contributed by atoms with Gasteiger partial charge in [-0.3, -0.25) is 0 Å². The molecule has 0 fully saturated rings. The first-order chi connectivity index (χ1) is 5.85. The maximum Gasteiger partial charge on any atom is 0.118 e. The Hall–Kier alpha value is -0.260. The van der Waals surface area contributed by atoms with Crippen LogP contribution in [0.5, 0.6) is 0 Å². The molecule has 0 aromatic rings. The monoisotopic (exact) mass is 230 g/mol. The summed E-state index contributed by atoms with van der Waals surface area (Å²) in [6.07, 6.45) is 5.05. The van der Waals surface area contributed by atoms with Crippen LogP contribution in [0.4, 0.5) is 0 Å². The molecule has 0 unspecified atom stereocenters. The Bertz CT molecular complexity index is 176. The third-order valence-corrected chi connectivity index (χ3v) is 1.70. The fraction of sp³-hybridized carbons (Fsp3) is 0.600. The smallest absolute Gasteiger partial charge is 0.118 e. The van der Waals surface area contributed by atoms with Crippen molar-refractivity contribution in [3.8, 4) is 11.8 Å². The van der Waals surface area contributed by atoms with Crippen molar-refractivity contribution in [1.82, 2.24) is 0 Å². The summed E-state index contributed by atoms with van der Waals surface area (Å²) >= 11 is 3.29. The second-order valence-corrected chi connectivity index (χ2v) is 2.90. The van der Waals surface area contributed by atoms with E-state index in [0.717, 1.165) is 11.8 Å². The van der Waals surface area contributed by atoms with Crippen LogP contribution in [0, 0.1) is 11.8 Å². The summed E-state index contributed by atoms with van der Waals surface area (Å²) in [5.41, 5.74) is 0. The molecule has 0 aliphatic rings. The van der Waals surface area contributed by atoms with Crippen molar-refractivity contribution in [1.29, 1.82) is 0 Å². The highest BCUT2D eigenvalue weighted by Gasteiger charge is 1.98. The molecular formula is C10H15BrO. The molecule has 0 spiro atoms. The maximum atomic E-state index is 5.45. The largest absolute Gasteiger partial charge is 0.361 e. The highest BCUT2D eigenvalue weighted by atomic mass is 79.9. The van der Waals surface area contributed by atoms with Gasteiger partial charge in [-0.05, 0) is 13.3 Å². The number of hydrogen-bond acceptors (Lipinski definition) is 1. The molecule has 0 aromatic heterocycles. The topological polar surface area (TPSA) is 9.23 Å². The van der Waals surface area contributed by atoms with E-state index in [4.69, 9.17) is 4.74 Å². The van der Waals surface area contributed by atoms with E-state index < -0.39 is 0 Å². The summed E-state index contributed by atoms with van der Waals surface area (Å²) in [5.74, 6) is 5.84. The summed E-state index contributed by atoms with van der Waals surface area (Å²) < 4.78 is 5.45. The molecule has 2 heteroatoms. The van der Waals surface area contributed by atoms with Crippen molar-refractivity contribution >= 4 is 15.9 Å². The molecule has 0 rings (SSSR count). The zero-order chi connectivity index (χ0) is 9.23. The minimum atomic E-state index is 0.0926. The molecule has 0 aliphatic heterocycles. The highest BCUT2D eigenvalue weighted by molar-refractivity contribution is 9.09. The van der Waals surface area contributed by atoms with Crippen LogP contribution in [-0.2, 0) is 4.74 Å². The van der Waals surface area contributed by atoms with Gasteiger partial charge in [-0.2, -0.15) is 0 Å². The van der Waals surface area contributed by atoms with Crippen molar-refractivity contribution in [2.24, 2.45) is 0 Å². The molecule has 0 radical (unpaired) electrons. The molecule has 0 aliphatic carbocycles. The van der Waals surface area contributed by atoms with Crippen molar-refractivity contribution in [3.63, 3.8) is 0 Å². The summed E-state index contributed by atoms with van der Waals surface area (Å²) in [6.45, 7) is 4.56. The van der Waals surface area contributed by atoms with Crippen LogP contribution in [0.1, 0.15) is 20.3 Å². The number of allylic oxidation sites excluding steroid dienone is 1. The number of halogens is 1. The van der Waals surface area contributed by atoms with Gasteiger partial charge in [-0.15, -0.1) is 5.92 Å². The Morgan fingerprint density at radius 1 is 1.50 bits per heavy atom. The van der Waals surface area contributed by atoms with Crippen molar-refractivity contribution in [2.75, 3.05) is 11.9 Å². The van der Waals surface area contributed by atoms with E-state index in [0.29, 0.717) is 6.61 Å². The van der Waals surface area contributed by atoms with Gasteiger partial charge in [-0.25, -0.2) is 0 Å². The highest BCUT2D eigenvalue weighted by Crippen LogP contribution is 1.96. The van der Waals surface area contributed by atoms with E-state index in [-0.39, 0.29) is 6.10 Å². The molecule has 1 atom stereocenters. The second kappa shape index (κ2) is 8.83. The normalized spacial score (nSPS) is 12.6. The first kappa shape index (κ1) is 11.7. The van der Waals surface area contributed by atoms with E-state index >= 15 is 0 Å². The SMILES string of the molecule is CC#C[C@H](CC)OC/C=C/CBr. The van der Waals surface area contributed by atoms with E-state index in [2.05, 4.69) is 34.7 Å². The van der Waals surface area contributed by atoms with Gasteiger partial charge in [0.05, 0.1) is 6.61 Å². The minimum Gasteiger partial charge on any atom is -0.361 e. The third-order valence-electron chi connectivity index (χ3n) is 1.33. The predicted molar refractivity (Wildman–Crippen MR) is 56.4 cm³/mol. The van der Waals surface area contributed by atoms with Crippen molar-refractivity contribution in [2.45, 2.75) is 26.4 Å². The average molecular weight is 231 g/mol. The molecule has 0 heterocycles. The molecule has 0 bridgehead atoms. The molecule has 0 N–H and O–H groups in total. The summed E-state index contributed by atoms with van der Waals surface area (Å²) in [6, 6.07) is 0. The standard InChI is InChI=1S/C10H15BrO/c1-3-7-10(4-2)12-9-6-5-8-11/h5-6,10H,4,8-9H2,1-2H3/b6-5+/t10-/m0/s1. The van der Waals surface area contributed by atoms with Gasteiger partial charge in [0, 0.05) is 5.33 Å². The van der Waals surface area contributed by atoms with Crippen molar-refractivity contribution < 1.29 is 4.74 Å². The van der Waals surface area contributed by atoms with Gasteiger partial charge in [0.2, 0.25) is 0 Å². The van der Waals surface area contributed by atoms with Gasteiger partial charge in [-0.1, -0.05) is 40.9 Å². The Balaban J connectivity index is 3.56. The molecule has 68 valence electrons. The lowest BCUT2D eigenvalue weighted by molar-refractivity contribution is 0.113. The zero-order valence-electron chi connectivity index (χ0n) is 7.64. The van der Waals surface area contributed by atoms with Crippen LogP contribution in [0.2, 0.25) is 0 Å². The minimum absolute atomic E-state index is 0.0926. The van der Waals surface area contributed by atoms with E-state index in [1.165, 1.54) is 0 Å². The Labute approximate surface area is 83.3 Å². The first-order valence-corrected chi connectivity index (χ1v) is 5.22. The summed E-state index contributed by atoms with van der Waals surface area (Å²) in [4.78, 5) is 0. The van der Waals surface area contributed by atoms with Crippen LogP contribution in [-0.4, -0.2) is 18.0 Å². The third kappa shape index (κ3) is 6.45. The van der Waals surface area contributed by atoms with Gasteiger partial charge in [0.25, 0.3) is 0 Å². The van der Waals surface area contributed by atoms with Gasteiger partial charge in [0.15, 0.2) is 0 Å². The van der Waals surface area contributed by atoms with E-state index in [1.54, 1.807) is 0 Å². The predicted octanol–water partition coefficient (Wildman–Crippen LogP) is 2.76. The summed E-state index contributed by atoms with van der Waals surface area (Å²) in [7, 11) is 0. The number of alkyl halides is 1. The van der Waals surface area contributed by atoms with Crippen LogP contribution < -0.4 is 0 Å². The molecule has 0 saturated heterocycles. The van der Waals surface area contributed by atoms with E-state index in [9.17, 15) is 0 Å². The fourth-order valence-electron chi connectivity index (χ4n) is 0.725. The van der Waals surface area contributed by atoms with Gasteiger partial charge in [0.1, 0.15) is 6.10 Å². The van der Waals surface area contributed by atoms with Crippen molar-refractivity contribution in [3.05, 3.63) is 12.2 Å². The molecule has 0 saturated carbocycles. The quantitative estimate of drug-likeness (QED) is 0.401. The molecule has 12 heavy (non-hydrogen) atoms. The Morgan fingerprint density at radius 3 is 2.75 bits per heavy atom. The second-order valence-electron chi connectivity index (χ2n) is 2.25. The van der Waals surface area contributed by atoms with Gasteiger partial charge >= 0.3 is 0 Å². The number of hydrogen-bond donors (Lipinski definition) is 0. The molecule has 0 amide bonds. The molecular weight excluding hydrogens is 216 g/mol. The zero-order valence-corrected chi connectivity index (χ0v) is 9.23. The lowest BCUT2D eigenvalue weighted by atomic mass is 10.3. The lowest BCUT2D eigenvalue weighted by Gasteiger charge is -2.06. The molecule has 1 nitrogen and oxygen atoms in total. The van der Waals surface area contributed by atoms with Crippen LogP contribution >= 0.6 is 15.9 Å². The lowest BCUT2D eigenvalue weighted by Crippen LogP contribution is -2.08. The van der Waals surface area contributed by atoms with E-state index in [1.807, 2.05) is 19.1 Å². The Kier molecular flexibility index (Phi) is 8.64. The number of rotatable bonds is 5. The first-order valence-electron chi connectivity index (χ1n) is 4.10. The molecule has 0 aromatic carbocycles. The Morgan fingerprint density at radius 2 is 2.25 bits per heavy atom. The van der Waals surface area contributed by atoms with Gasteiger partial charge < -0.3 is 4.74 Å². The van der Waals surface area contributed by atoms with Crippen LogP contribution in [0.3, 0.4) is 0 Å².